The maximum Gasteiger partial charge on any atom is 0.356 e. The summed E-state index contributed by atoms with van der Waals surface area (Å²) in [6.07, 6.45) is 2.78. The van der Waals surface area contributed by atoms with E-state index >= 15 is 0 Å². The number of rotatable bonds is 4. The van der Waals surface area contributed by atoms with Crippen LogP contribution < -0.4 is 20.4 Å². The van der Waals surface area contributed by atoms with Gasteiger partial charge in [0.05, 0.1) is 14.2 Å². The van der Waals surface area contributed by atoms with E-state index in [-0.39, 0.29) is 0 Å². The predicted molar refractivity (Wildman–Crippen MR) is 117 cm³/mol. The van der Waals surface area contributed by atoms with E-state index < -0.39 is 11.9 Å². The van der Waals surface area contributed by atoms with Gasteiger partial charge in [0.25, 0.3) is 0 Å². The molecule has 2 aliphatic heterocycles. The highest BCUT2D eigenvalue weighted by Gasteiger charge is 2.16. The van der Waals surface area contributed by atoms with E-state index in [9.17, 15) is 9.59 Å². The Kier molecular flexibility index (Phi) is 8.63. The van der Waals surface area contributed by atoms with Gasteiger partial charge >= 0.3 is 11.9 Å². The summed E-state index contributed by atoms with van der Waals surface area (Å²) in [7, 11) is 2.68. The Morgan fingerprint density at radius 2 is 1.09 bits per heavy atom. The fraction of sp³-hybridized carbons (Fsp3) is 0.500. The molecule has 12 nitrogen and oxygen atoms in total. The summed E-state index contributed by atoms with van der Waals surface area (Å²) in [6.45, 7) is 7.26. The summed E-state index contributed by atoms with van der Waals surface area (Å²) in [5.74, 6) is 0.686. The van der Waals surface area contributed by atoms with Crippen molar-refractivity contribution in [3.05, 3.63) is 36.2 Å². The second-order valence-electron chi connectivity index (χ2n) is 6.98. The third kappa shape index (κ3) is 6.31. The van der Waals surface area contributed by atoms with Crippen LogP contribution in [0, 0.1) is 0 Å². The Morgan fingerprint density at radius 1 is 0.719 bits per heavy atom. The second-order valence-corrected chi connectivity index (χ2v) is 6.98. The molecule has 2 aromatic heterocycles. The van der Waals surface area contributed by atoms with Crippen LogP contribution in [0.15, 0.2) is 24.8 Å². The number of nitrogens with zero attached hydrogens (tertiary/aromatic N) is 6. The maximum absolute atomic E-state index is 11.3. The molecule has 0 radical (unpaired) electrons. The van der Waals surface area contributed by atoms with Crippen LogP contribution in [0.4, 0.5) is 11.6 Å². The van der Waals surface area contributed by atoms with Crippen molar-refractivity contribution in [3.8, 4) is 0 Å². The summed E-state index contributed by atoms with van der Waals surface area (Å²) >= 11 is 0. The average molecular weight is 444 g/mol. The molecule has 2 aromatic rings. The van der Waals surface area contributed by atoms with Crippen LogP contribution in [0.1, 0.15) is 21.0 Å². The van der Waals surface area contributed by atoms with E-state index in [0.717, 1.165) is 64.0 Å². The molecule has 0 spiro atoms. The van der Waals surface area contributed by atoms with Crippen LogP contribution in [0.25, 0.3) is 0 Å². The van der Waals surface area contributed by atoms with Crippen molar-refractivity contribution in [3.63, 3.8) is 0 Å². The zero-order valence-electron chi connectivity index (χ0n) is 18.3. The minimum atomic E-state index is -0.432. The Bertz CT molecular complexity index is 827. The Hall–Kier alpha value is -3.38. The normalized spacial score (nSPS) is 15.9. The summed E-state index contributed by atoms with van der Waals surface area (Å²) in [5.41, 5.74) is 0.595. The molecule has 2 aliphatic rings. The second kappa shape index (κ2) is 11.9. The first kappa shape index (κ1) is 23.3. The fourth-order valence-electron chi connectivity index (χ4n) is 3.26. The van der Waals surface area contributed by atoms with Gasteiger partial charge in [0, 0.05) is 64.5 Å². The molecule has 172 valence electrons. The highest BCUT2D eigenvalue weighted by atomic mass is 16.5. The van der Waals surface area contributed by atoms with Crippen molar-refractivity contribution in [2.24, 2.45) is 0 Å². The van der Waals surface area contributed by atoms with E-state index in [1.807, 2.05) is 0 Å². The molecule has 2 saturated heterocycles. The maximum atomic E-state index is 11.3. The lowest BCUT2D eigenvalue weighted by Gasteiger charge is -2.28. The molecule has 0 saturated carbocycles. The van der Waals surface area contributed by atoms with Gasteiger partial charge < -0.3 is 29.9 Å². The molecule has 0 aromatic carbocycles. The highest BCUT2D eigenvalue weighted by Crippen LogP contribution is 2.13. The molecule has 4 rings (SSSR count). The van der Waals surface area contributed by atoms with Crippen LogP contribution in [0.5, 0.6) is 0 Å². The van der Waals surface area contributed by atoms with Gasteiger partial charge in [-0.3, -0.25) is 0 Å². The number of esters is 2. The zero-order valence-corrected chi connectivity index (χ0v) is 18.3. The van der Waals surface area contributed by atoms with Gasteiger partial charge in [-0.2, -0.15) is 0 Å². The number of carbonyl (C=O) groups is 2. The largest absolute Gasteiger partial charge is 0.464 e. The Balaban J connectivity index is 0.000000181. The third-order valence-electron chi connectivity index (χ3n) is 4.98. The van der Waals surface area contributed by atoms with Crippen molar-refractivity contribution in [1.82, 2.24) is 30.6 Å². The first-order valence-corrected chi connectivity index (χ1v) is 10.3. The number of ether oxygens (including phenoxy) is 2. The Morgan fingerprint density at radius 3 is 1.44 bits per heavy atom. The van der Waals surface area contributed by atoms with E-state index in [1.54, 1.807) is 12.1 Å². The van der Waals surface area contributed by atoms with Crippen LogP contribution in [-0.2, 0) is 9.47 Å². The number of anilines is 2. The topological polar surface area (TPSA) is 135 Å². The molecule has 0 atom stereocenters. The number of aromatic nitrogens is 4. The number of hydrogen-bond donors (Lipinski definition) is 2. The summed E-state index contributed by atoms with van der Waals surface area (Å²) < 4.78 is 9.24. The molecular formula is C20H28N8O4. The molecule has 0 amide bonds. The monoisotopic (exact) mass is 444 g/mol. The van der Waals surface area contributed by atoms with Gasteiger partial charge in [-0.25, -0.2) is 29.5 Å². The minimum Gasteiger partial charge on any atom is -0.464 e. The lowest BCUT2D eigenvalue weighted by molar-refractivity contribution is 0.0585. The van der Waals surface area contributed by atoms with E-state index in [2.05, 4.69) is 49.8 Å². The van der Waals surface area contributed by atoms with Crippen molar-refractivity contribution in [2.45, 2.75) is 0 Å². The van der Waals surface area contributed by atoms with E-state index in [1.165, 1.54) is 26.9 Å². The summed E-state index contributed by atoms with van der Waals surface area (Å²) in [5, 5.41) is 6.51. The quantitative estimate of drug-likeness (QED) is 0.580. The van der Waals surface area contributed by atoms with Gasteiger partial charge in [-0.05, 0) is 0 Å². The van der Waals surface area contributed by atoms with Gasteiger partial charge in [0.15, 0.2) is 11.4 Å². The third-order valence-corrected chi connectivity index (χ3v) is 4.98. The molecule has 2 N–H and O–H groups in total. The molecule has 4 heterocycles. The molecule has 32 heavy (non-hydrogen) atoms. The lowest BCUT2D eigenvalue weighted by Crippen LogP contribution is -2.44. The number of nitrogens with one attached hydrogen (secondary N) is 2. The minimum absolute atomic E-state index is 0.297. The van der Waals surface area contributed by atoms with Crippen molar-refractivity contribution < 1.29 is 19.1 Å². The van der Waals surface area contributed by atoms with E-state index in [0.29, 0.717) is 11.4 Å². The SMILES string of the molecule is COC(=O)c1cc(N2CCNCC2)ncn1.COC(=O)c1cc(N2CCNCC2)ncn1. The average Bonchev–Trinajstić information content (AvgIpc) is 2.89. The summed E-state index contributed by atoms with van der Waals surface area (Å²) in [6, 6.07) is 3.33. The van der Waals surface area contributed by atoms with Crippen LogP contribution in [0.3, 0.4) is 0 Å². The number of carbonyl (C=O) groups excluding carboxylic acids is 2. The van der Waals surface area contributed by atoms with Crippen molar-refractivity contribution in [2.75, 3.05) is 76.4 Å². The highest BCUT2D eigenvalue weighted by molar-refractivity contribution is 5.88. The molecule has 0 bridgehead atoms. The lowest BCUT2D eigenvalue weighted by atomic mass is 10.3. The number of methoxy groups -OCH3 is 2. The first-order chi connectivity index (χ1) is 15.6. The standard InChI is InChI=1S/2C10H14N4O2/c2*1-16-10(15)8-6-9(13-7-12-8)14-4-2-11-3-5-14/h2*6-7,11H,2-5H2,1H3. The number of hydrogen-bond acceptors (Lipinski definition) is 12. The first-order valence-electron chi connectivity index (χ1n) is 10.3. The van der Waals surface area contributed by atoms with Gasteiger partial charge in [0.2, 0.25) is 0 Å². The van der Waals surface area contributed by atoms with Crippen molar-refractivity contribution >= 4 is 23.6 Å². The van der Waals surface area contributed by atoms with Gasteiger partial charge in [0.1, 0.15) is 24.3 Å². The van der Waals surface area contributed by atoms with Crippen LogP contribution in [0.2, 0.25) is 0 Å². The molecule has 2 fully saturated rings. The molecule has 0 unspecified atom stereocenters. The van der Waals surface area contributed by atoms with Crippen LogP contribution >= 0.6 is 0 Å². The molecule has 12 heteroatoms. The predicted octanol–water partition coefficient (Wildman–Crippen LogP) is -0.654. The van der Waals surface area contributed by atoms with Gasteiger partial charge in [-0.15, -0.1) is 0 Å². The molecular weight excluding hydrogens is 416 g/mol. The fourth-order valence-corrected chi connectivity index (χ4v) is 3.26. The van der Waals surface area contributed by atoms with E-state index in [4.69, 9.17) is 0 Å². The molecule has 0 aliphatic carbocycles. The van der Waals surface area contributed by atoms with Gasteiger partial charge in [-0.1, -0.05) is 0 Å². The van der Waals surface area contributed by atoms with Crippen molar-refractivity contribution in [1.29, 1.82) is 0 Å². The zero-order chi connectivity index (χ0) is 22.8. The smallest absolute Gasteiger partial charge is 0.356 e. The summed E-state index contributed by atoms with van der Waals surface area (Å²) in [4.78, 5) is 42.9. The van der Waals surface area contributed by atoms with Crippen LogP contribution in [-0.4, -0.2) is 98.5 Å². The number of piperazine rings is 2. The Labute approximate surface area is 186 Å².